The van der Waals surface area contributed by atoms with E-state index in [-0.39, 0.29) is 29.5 Å². The molecule has 1 unspecified atom stereocenters. The molecule has 0 saturated carbocycles. The SMILES string of the molecule is CCCCC1(C)CN(c2ccc(F)cc2)c2cc(SC)c(OCCC(=O)O)cc2S(=O)(=O)C1. The largest absolute Gasteiger partial charge is 0.492 e. The van der Waals surface area contributed by atoms with Crippen molar-refractivity contribution < 1.29 is 27.4 Å². The van der Waals surface area contributed by atoms with Crippen molar-refractivity contribution >= 4 is 38.9 Å². The number of thioether (sulfide) groups is 1. The highest BCUT2D eigenvalue weighted by molar-refractivity contribution is 7.98. The van der Waals surface area contributed by atoms with Gasteiger partial charge in [-0.05, 0) is 48.4 Å². The first kappa shape index (κ1) is 25.4. The van der Waals surface area contributed by atoms with Gasteiger partial charge in [0.2, 0.25) is 0 Å². The molecule has 180 valence electrons. The van der Waals surface area contributed by atoms with Gasteiger partial charge in [0.25, 0.3) is 0 Å². The molecule has 6 nitrogen and oxygen atoms in total. The van der Waals surface area contributed by atoms with Gasteiger partial charge in [-0.15, -0.1) is 11.8 Å². The molecule has 0 bridgehead atoms. The van der Waals surface area contributed by atoms with Gasteiger partial charge in [-0.3, -0.25) is 4.79 Å². The topological polar surface area (TPSA) is 83.9 Å². The van der Waals surface area contributed by atoms with E-state index >= 15 is 0 Å². The number of ether oxygens (including phenoxy) is 1. The van der Waals surface area contributed by atoms with Crippen LogP contribution in [0.2, 0.25) is 0 Å². The van der Waals surface area contributed by atoms with E-state index in [0.717, 1.165) is 19.3 Å². The monoisotopic (exact) mass is 495 g/mol. The molecule has 0 aliphatic carbocycles. The molecule has 3 rings (SSSR count). The number of unbranched alkanes of at least 4 members (excludes halogenated alkanes) is 1. The average Bonchev–Trinajstić information content (AvgIpc) is 2.84. The van der Waals surface area contributed by atoms with Crippen molar-refractivity contribution in [2.45, 2.75) is 49.3 Å². The fraction of sp³-hybridized carbons (Fsp3) is 0.458. The number of halogens is 1. The highest BCUT2D eigenvalue weighted by Gasteiger charge is 2.40. The average molecular weight is 496 g/mol. The van der Waals surface area contributed by atoms with Crippen LogP contribution in [0.1, 0.15) is 39.5 Å². The van der Waals surface area contributed by atoms with Crippen molar-refractivity contribution in [3.63, 3.8) is 0 Å². The summed E-state index contributed by atoms with van der Waals surface area (Å²) >= 11 is 1.39. The van der Waals surface area contributed by atoms with Gasteiger partial charge in [-0.2, -0.15) is 0 Å². The highest BCUT2D eigenvalue weighted by Crippen LogP contribution is 2.46. The number of nitrogens with zero attached hydrogens (tertiary/aromatic N) is 1. The molecule has 0 spiro atoms. The maximum atomic E-state index is 13.6. The van der Waals surface area contributed by atoms with Gasteiger partial charge in [-0.1, -0.05) is 26.7 Å². The molecule has 0 amide bonds. The number of carbonyl (C=O) groups is 1. The standard InChI is InChI=1S/C24H30FNO5S2/c1-4-5-11-24(2)15-26(18-8-6-17(25)7-9-18)19-13-21(32-3)20(31-12-10-23(27)28)14-22(19)33(29,30)16-24/h6-9,13-14H,4-5,10-12,15-16H2,1-3H3,(H,27,28). The minimum absolute atomic E-state index is 0.0160. The van der Waals surface area contributed by atoms with Gasteiger partial charge in [0.05, 0.1) is 34.3 Å². The Kier molecular flexibility index (Phi) is 7.95. The molecule has 2 aromatic carbocycles. The second-order valence-corrected chi connectivity index (χ2v) is 11.5. The van der Waals surface area contributed by atoms with E-state index in [2.05, 4.69) is 6.92 Å². The number of hydrogen-bond acceptors (Lipinski definition) is 6. The Morgan fingerprint density at radius 3 is 2.58 bits per heavy atom. The lowest BCUT2D eigenvalue weighted by Crippen LogP contribution is -2.35. The summed E-state index contributed by atoms with van der Waals surface area (Å²) in [6.45, 7) is 4.48. The third-order valence-electron chi connectivity index (χ3n) is 5.80. The van der Waals surface area contributed by atoms with Gasteiger partial charge in [0, 0.05) is 18.3 Å². The maximum absolute atomic E-state index is 13.6. The predicted octanol–water partition coefficient (Wildman–Crippen LogP) is 5.52. The molecule has 1 aliphatic rings. The lowest BCUT2D eigenvalue weighted by atomic mass is 9.86. The van der Waals surface area contributed by atoms with Crippen LogP contribution in [0.25, 0.3) is 0 Å². The molecule has 0 radical (unpaired) electrons. The first-order valence-electron chi connectivity index (χ1n) is 10.9. The Balaban J connectivity index is 2.17. The minimum Gasteiger partial charge on any atom is -0.492 e. The molecule has 1 aliphatic heterocycles. The second-order valence-electron chi connectivity index (χ2n) is 8.70. The van der Waals surface area contributed by atoms with E-state index in [1.807, 2.05) is 18.1 Å². The predicted molar refractivity (Wildman–Crippen MR) is 129 cm³/mol. The zero-order valence-electron chi connectivity index (χ0n) is 19.1. The van der Waals surface area contributed by atoms with Gasteiger partial charge in [0.1, 0.15) is 11.6 Å². The van der Waals surface area contributed by atoms with Crippen LogP contribution in [0.3, 0.4) is 0 Å². The first-order chi connectivity index (χ1) is 15.6. The van der Waals surface area contributed by atoms with Crippen LogP contribution in [-0.2, 0) is 14.6 Å². The number of benzene rings is 2. The molecule has 9 heteroatoms. The lowest BCUT2D eigenvalue weighted by Gasteiger charge is -2.34. The second kappa shape index (κ2) is 10.3. The third kappa shape index (κ3) is 6.00. The van der Waals surface area contributed by atoms with Gasteiger partial charge in [-0.25, -0.2) is 12.8 Å². The molecule has 2 aromatic rings. The Labute approximate surface area is 199 Å². The summed E-state index contributed by atoms with van der Waals surface area (Å²) in [5.74, 6) is -1.01. The van der Waals surface area contributed by atoms with Crippen molar-refractivity contribution in [2.75, 3.05) is 30.1 Å². The Hall–Kier alpha value is -2.26. The van der Waals surface area contributed by atoms with Crippen LogP contribution in [0, 0.1) is 11.2 Å². The summed E-state index contributed by atoms with van der Waals surface area (Å²) in [4.78, 5) is 13.7. The van der Waals surface area contributed by atoms with Crippen LogP contribution in [-0.4, -0.2) is 44.7 Å². The van der Waals surface area contributed by atoms with Crippen LogP contribution in [0.4, 0.5) is 15.8 Å². The number of rotatable bonds is 9. The number of carboxylic acids is 1. The number of fused-ring (bicyclic) bond motifs is 1. The summed E-state index contributed by atoms with van der Waals surface area (Å²) in [6, 6.07) is 9.36. The zero-order chi connectivity index (χ0) is 24.2. The molecule has 0 fully saturated rings. The normalized spacial score (nSPS) is 19.6. The first-order valence-corrected chi connectivity index (χ1v) is 13.8. The summed E-state index contributed by atoms with van der Waals surface area (Å²) in [6.07, 6.45) is 4.27. The summed E-state index contributed by atoms with van der Waals surface area (Å²) in [5, 5.41) is 8.92. The lowest BCUT2D eigenvalue weighted by molar-refractivity contribution is -0.137. The van der Waals surface area contributed by atoms with Crippen LogP contribution in [0.5, 0.6) is 5.75 Å². The number of anilines is 2. The molecule has 1 heterocycles. The van der Waals surface area contributed by atoms with Crippen molar-refractivity contribution in [1.82, 2.24) is 0 Å². The van der Waals surface area contributed by atoms with Crippen LogP contribution in [0.15, 0.2) is 46.2 Å². The van der Waals surface area contributed by atoms with Crippen LogP contribution >= 0.6 is 11.8 Å². The minimum atomic E-state index is -3.68. The zero-order valence-corrected chi connectivity index (χ0v) is 20.8. The van der Waals surface area contributed by atoms with E-state index in [9.17, 15) is 17.6 Å². The summed E-state index contributed by atoms with van der Waals surface area (Å²) in [7, 11) is -3.68. The molecular formula is C24H30FNO5S2. The van der Waals surface area contributed by atoms with Gasteiger partial charge >= 0.3 is 5.97 Å². The van der Waals surface area contributed by atoms with E-state index in [1.165, 1.54) is 30.0 Å². The van der Waals surface area contributed by atoms with Crippen molar-refractivity contribution in [1.29, 1.82) is 0 Å². The summed E-state index contributed by atoms with van der Waals surface area (Å²) in [5.41, 5.74) is 0.729. The Morgan fingerprint density at radius 1 is 1.27 bits per heavy atom. The van der Waals surface area contributed by atoms with Crippen molar-refractivity contribution in [3.05, 3.63) is 42.2 Å². The van der Waals surface area contributed by atoms with E-state index in [1.54, 1.807) is 18.2 Å². The van der Waals surface area contributed by atoms with Gasteiger partial charge < -0.3 is 14.7 Å². The van der Waals surface area contributed by atoms with E-state index in [0.29, 0.717) is 28.6 Å². The molecule has 0 saturated heterocycles. The van der Waals surface area contributed by atoms with E-state index in [4.69, 9.17) is 9.84 Å². The fourth-order valence-corrected chi connectivity index (χ4v) is 6.80. The smallest absolute Gasteiger partial charge is 0.306 e. The highest BCUT2D eigenvalue weighted by atomic mass is 32.2. The maximum Gasteiger partial charge on any atom is 0.306 e. The molecule has 0 aromatic heterocycles. The molecular weight excluding hydrogens is 465 g/mol. The fourth-order valence-electron chi connectivity index (χ4n) is 4.17. The summed E-state index contributed by atoms with van der Waals surface area (Å²) < 4.78 is 46.5. The van der Waals surface area contributed by atoms with Crippen LogP contribution < -0.4 is 9.64 Å². The van der Waals surface area contributed by atoms with Crippen molar-refractivity contribution in [3.8, 4) is 5.75 Å². The number of hydrogen-bond donors (Lipinski definition) is 1. The molecule has 1 atom stereocenters. The Morgan fingerprint density at radius 2 is 1.97 bits per heavy atom. The third-order valence-corrected chi connectivity index (χ3v) is 8.63. The quantitative estimate of drug-likeness (QED) is 0.458. The number of carboxylic acid groups (broad SMARTS) is 1. The van der Waals surface area contributed by atoms with Crippen molar-refractivity contribution in [2.24, 2.45) is 5.41 Å². The van der Waals surface area contributed by atoms with E-state index < -0.39 is 21.2 Å². The molecule has 33 heavy (non-hydrogen) atoms. The van der Waals surface area contributed by atoms with Gasteiger partial charge in [0.15, 0.2) is 9.84 Å². The number of sulfone groups is 1. The molecule has 1 N–H and O–H groups in total. The Bertz CT molecular complexity index is 1100. The number of aliphatic carboxylic acids is 1.